The van der Waals surface area contributed by atoms with Crippen LogP contribution in [0.5, 0.6) is 0 Å². The van der Waals surface area contributed by atoms with Crippen LogP contribution in [0.15, 0.2) is 122 Å². The van der Waals surface area contributed by atoms with Gasteiger partial charge in [0, 0.05) is 29.6 Å². The van der Waals surface area contributed by atoms with Crippen molar-refractivity contribution in [3.05, 3.63) is 149 Å². The number of hydrogen-bond donors (Lipinski definition) is 0. The second kappa shape index (κ2) is 9.15. The van der Waals surface area contributed by atoms with Crippen molar-refractivity contribution < 1.29 is 0 Å². The molecule has 0 saturated heterocycles. The number of pyridine rings is 1. The predicted molar refractivity (Wildman–Crippen MR) is 181 cm³/mol. The molecule has 2 aliphatic carbocycles. The average Bonchev–Trinajstić information content (AvgIpc) is 3.23. The Labute approximate surface area is 254 Å². The molecule has 1 atom stereocenters. The van der Waals surface area contributed by atoms with E-state index in [1.165, 1.54) is 66.4 Å². The second-order valence-electron chi connectivity index (χ2n) is 13.3. The number of allylic oxidation sites excluding steroid dienone is 4. The van der Waals surface area contributed by atoms with Crippen LogP contribution in [-0.2, 0) is 10.8 Å². The molecule has 4 aromatic carbocycles. The largest absolute Gasteiger partial charge is 0.370 e. The molecule has 2 heterocycles. The van der Waals surface area contributed by atoms with E-state index in [-0.39, 0.29) is 16.9 Å². The molecule has 0 fully saturated rings. The summed E-state index contributed by atoms with van der Waals surface area (Å²) in [6.45, 7) is 9.74. The Morgan fingerprint density at radius 1 is 0.628 bits per heavy atom. The van der Waals surface area contributed by atoms with E-state index in [1.54, 1.807) is 0 Å². The van der Waals surface area contributed by atoms with Crippen molar-refractivity contribution in [1.29, 1.82) is 0 Å². The SMILES string of the molecule is CN1C=CC=CC1c1ccc2c(c1)C(C)(C)C1=C(c3ccccc3-2)C(C)(C)c2cc(-c3ccccn3)c3ccccc3c21. The maximum Gasteiger partial charge on any atom is 0.0721 e. The molecule has 1 aromatic heterocycles. The van der Waals surface area contributed by atoms with Crippen LogP contribution in [0.2, 0.25) is 0 Å². The molecule has 5 aromatic rings. The van der Waals surface area contributed by atoms with Crippen LogP contribution >= 0.6 is 0 Å². The van der Waals surface area contributed by atoms with Gasteiger partial charge in [-0.05, 0) is 91.3 Å². The lowest BCUT2D eigenvalue weighted by Gasteiger charge is -2.33. The van der Waals surface area contributed by atoms with Gasteiger partial charge >= 0.3 is 0 Å². The molecule has 0 spiro atoms. The van der Waals surface area contributed by atoms with E-state index >= 15 is 0 Å². The summed E-state index contributed by atoms with van der Waals surface area (Å²) in [6.07, 6.45) is 10.6. The Balaban J connectivity index is 1.47. The van der Waals surface area contributed by atoms with Crippen LogP contribution in [0.4, 0.5) is 0 Å². The smallest absolute Gasteiger partial charge is 0.0721 e. The summed E-state index contributed by atoms with van der Waals surface area (Å²) in [5.74, 6) is 0. The molecule has 210 valence electrons. The molecule has 0 amide bonds. The zero-order valence-corrected chi connectivity index (χ0v) is 25.5. The number of aromatic nitrogens is 1. The van der Waals surface area contributed by atoms with Crippen LogP contribution in [0.3, 0.4) is 0 Å². The monoisotopic (exact) mass is 556 g/mol. The minimum Gasteiger partial charge on any atom is -0.370 e. The first-order valence-electron chi connectivity index (χ1n) is 15.3. The Hall–Kier alpha value is -4.69. The zero-order valence-electron chi connectivity index (χ0n) is 25.5. The van der Waals surface area contributed by atoms with Gasteiger partial charge in [0.2, 0.25) is 0 Å². The fourth-order valence-corrected chi connectivity index (χ4v) is 8.04. The van der Waals surface area contributed by atoms with Crippen molar-refractivity contribution in [2.75, 3.05) is 7.05 Å². The van der Waals surface area contributed by atoms with Crippen molar-refractivity contribution >= 4 is 21.9 Å². The molecular weight excluding hydrogens is 520 g/mol. The van der Waals surface area contributed by atoms with E-state index in [4.69, 9.17) is 4.98 Å². The first-order chi connectivity index (χ1) is 20.8. The van der Waals surface area contributed by atoms with Crippen molar-refractivity contribution in [3.63, 3.8) is 0 Å². The standard InChI is InChI=1S/C41H36N2/c1-40(2)33-24-26(36-19-11-13-23-43(36)5)20-21-29(33)27-14-7-9-17-31(27)38-39(40)37-30-16-8-6-15-28(30)32(25-34(37)41(38,3)4)35-18-10-12-22-42-35/h6-25,36H,1-5H3. The number of benzene rings is 4. The van der Waals surface area contributed by atoms with Crippen molar-refractivity contribution in [3.8, 4) is 22.4 Å². The van der Waals surface area contributed by atoms with Gasteiger partial charge in [0.05, 0.1) is 11.7 Å². The molecule has 3 aliphatic rings. The molecule has 0 bridgehead atoms. The maximum absolute atomic E-state index is 4.80. The molecule has 8 rings (SSSR count). The summed E-state index contributed by atoms with van der Waals surface area (Å²) in [5.41, 5.74) is 14.2. The van der Waals surface area contributed by atoms with Gasteiger partial charge < -0.3 is 4.90 Å². The van der Waals surface area contributed by atoms with E-state index in [0.717, 1.165) is 5.69 Å². The molecule has 2 heteroatoms. The molecule has 2 nitrogen and oxygen atoms in total. The van der Waals surface area contributed by atoms with E-state index in [2.05, 4.69) is 149 Å². The van der Waals surface area contributed by atoms with E-state index in [0.29, 0.717) is 0 Å². The third-order valence-electron chi connectivity index (χ3n) is 10.1. The maximum atomic E-state index is 4.80. The molecule has 0 N–H and O–H groups in total. The molecule has 1 aliphatic heterocycles. The molecule has 1 unspecified atom stereocenters. The number of fused-ring (bicyclic) bond motifs is 8. The lowest BCUT2D eigenvalue weighted by Crippen LogP contribution is -2.23. The molecular formula is C41H36N2. The Bertz CT molecular complexity index is 2040. The van der Waals surface area contributed by atoms with E-state index in [9.17, 15) is 0 Å². The first-order valence-corrected chi connectivity index (χ1v) is 15.3. The summed E-state index contributed by atoms with van der Waals surface area (Å²) in [5, 5.41) is 2.57. The van der Waals surface area contributed by atoms with Crippen LogP contribution in [-0.4, -0.2) is 16.9 Å². The summed E-state index contributed by atoms with van der Waals surface area (Å²) >= 11 is 0. The Morgan fingerprint density at radius 2 is 1.35 bits per heavy atom. The summed E-state index contributed by atoms with van der Waals surface area (Å²) in [7, 11) is 2.17. The van der Waals surface area contributed by atoms with Gasteiger partial charge in [0.15, 0.2) is 0 Å². The average molecular weight is 557 g/mol. The zero-order chi connectivity index (χ0) is 29.5. The minimum atomic E-state index is -0.246. The normalized spacial score (nSPS) is 19.1. The lowest BCUT2D eigenvalue weighted by molar-refractivity contribution is 0.389. The number of likely N-dealkylation sites (N-methyl/N-ethyl adjacent to an activating group) is 1. The predicted octanol–water partition coefficient (Wildman–Crippen LogP) is 10.1. The number of rotatable bonds is 2. The van der Waals surface area contributed by atoms with Crippen molar-refractivity contribution in [1.82, 2.24) is 9.88 Å². The third kappa shape index (κ3) is 3.62. The van der Waals surface area contributed by atoms with Crippen LogP contribution in [0, 0.1) is 0 Å². The summed E-state index contributed by atoms with van der Waals surface area (Å²) in [4.78, 5) is 7.10. The fraction of sp³-hybridized carbons (Fsp3) is 0.195. The van der Waals surface area contributed by atoms with Crippen molar-refractivity contribution in [2.24, 2.45) is 0 Å². The quantitative estimate of drug-likeness (QED) is 0.215. The highest BCUT2D eigenvalue weighted by Crippen LogP contribution is 2.62. The van der Waals surface area contributed by atoms with Gasteiger partial charge in [-0.15, -0.1) is 0 Å². The van der Waals surface area contributed by atoms with Crippen molar-refractivity contribution in [2.45, 2.75) is 44.6 Å². The van der Waals surface area contributed by atoms with E-state index < -0.39 is 0 Å². The van der Waals surface area contributed by atoms with Gasteiger partial charge in [-0.1, -0.05) is 113 Å². The number of nitrogens with zero attached hydrogens (tertiary/aromatic N) is 2. The van der Waals surface area contributed by atoms with Crippen LogP contribution in [0.25, 0.3) is 44.3 Å². The Morgan fingerprint density at radius 3 is 2.12 bits per heavy atom. The molecule has 43 heavy (non-hydrogen) atoms. The molecule has 0 saturated carbocycles. The highest BCUT2D eigenvalue weighted by atomic mass is 15.1. The van der Waals surface area contributed by atoms with Crippen LogP contribution < -0.4 is 0 Å². The summed E-state index contributed by atoms with van der Waals surface area (Å²) < 4.78 is 0. The lowest BCUT2D eigenvalue weighted by atomic mass is 9.72. The topological polar surface area (TPSA) is 16.1 Å². The van der Waals surface area contributed by atoms with Crippen LogP contribution in [0.1, 0.15) is 61.6 Å². The van der Waals surface area contributed by atoms with Gasteiger partial charge in [-0.3, -0.25) is 4.98 Å². The van der Waals surface area contributed by atoms with Gasteiger partial charge in [-0.25, -0.2) is 0 Å². The second-order valence-corrected chi connectivity index (χ2v) is 13.3. The Kier molecular flexibility index (Phi) is 5.53. The fourth-order valence-electron chi connectivity index (χ4n) is 8.04. The third-order valence-corrected chi connectivity index (χ3v) is 10.1. The van der Waals surface area contributed by atoms with Gasteiger partial charge in [-0.2, -0.15) is 0 Å². The highest BCUT2D eigenvalue weighted by Gasteiger charge is 2.48. The summed E-state index contributed by atoms with van der Waals surface area (Å²) in [6, 6.07) is 34.1. The highest BCUT2D eigenvalue weighted by molar-refractivity contribution is 6.16. The minimum absolute atomic E-state index is 0.201. The molecule has 0 radical (unpaired) electrons. The van der Waals surface area contributed by atoms with E-state index in [1.807, 2.05) is 12.3 Å². The van der Waals surface area contributed by atoms with Gasteiger partial charge in [0.25, 0.3) is 0 Å². The first kappa shape index (κ1) is 26.0. The number of hydrogen-bond acceptors (Lipinski definition) is 2. The van der Waals surface area contributed by atoms with Gasteiger partial charge in [0.1, 0.15) is 0 Å².